The first-order valence-corrected chi connectivity index (χ1v) is 14.9. The minimum atomic E-state index is -2.08. The lowest BCUT2D eigenvalue weighted by Gasteiger charge is -2.49. The summed E-state index contributed by atoms with van der Waals surface area (Å²) in [5, 5.41) is 19.2. The monoisotopic (exact) mass is 656 g/mol. The summed E-state index contributed by atoms with van der Waals surface area (Å²) in [7, 11) is 1.39. The summed E-state index contributed by atoms with van der Waals surface area (Å²) in [4.78, 5) is 64.2. The van der Waals surface area contributed by atoms with Crippen molar-refractivity contribution in [2.24, 2.45) is 23.7 Å². The molecule has 2 saturated heterocycles. The van der Waals surface area contributed by atoms with Crippen molar-refractivity contribution in [3.05, 3.63) is 71.6 Å². The van der Waals surface area contributed by atoms with E-state index in [0.29, 0.717) is 11.1 Å². The van der Waals surface area contributed by atoms with Crippen molar-refractivity contribution in [3.63, 3.8) is 0 Å². The number of likely N-dealkylation sites (tertiary alicyclic amines) is 1. The molecule has 6 atom stereocenters. The van der Waals surface area contributed by atoms with Crippen molar-refractivity contribution in [2.75, 3.05) is 18.6 Å². The van der Waals surface area contributed by atoms with Crippen LogP contribution in [0.15, 0.2) is 60.2 Å². The Morgan fingerprint density at radius 1 is 1.07 bits per heavy atom. The largest absolute Gasteiger partial charge is 0.504 e. The first-order valence-electron chi connectivity index (χ1n) is 14.2. The molecule has 0 aromatic heterocycles. The van der Waals surface area contributed by atoms with Gasteiger partial charge in [0.25, 0.3) is 11.8 Å². The van der Waals surface area contributed by atoms with E-state index in [2.05, 4.69) is 0 Å². The third-order valence-electron chi connectivity index (χ3n) is 9.28. The quantitative estimate of drug-likeness (QED) is 0.258. The van der Waals surface area contributed by atoms with Crippen LogP contribution >= 0.6 is 23.2 Å². The number of carboxylic acid groups (broad SMARTS) is 1. The summed E-state index contributed by atoms with van der Waals surface area (Å²) in [6.45, 7) is -0.296. The van der Waals surface area contributed by atoms with Gasteiger partial charge in [0.05, 0.1) is 31.1 Å². The third kappa shape index (κ3) is 4.54. The van der Waals surface area contributed by atoms with Crippen LogP contribution in [0.2, 0.25) is 0 Å². The molecule has 2 aliphatic heterocycles. The minimum Gasteiger partial charge on any atom is -0.504 e. The molecule has 3 fully saturated rings. The highest BCUT2D eigenvalue weighted by Gasteiger charge is 2.76. The Kier molecular flexibility index (Phi) is 7.52. The number of halogens is 3. The molecule has 234 valence electrons. The number of aliphatic carboxylic acids is 1. The molecule has 2 aromatic rings. The van der Waals surface area contributed by atoms with Gasteiger partial charge in [0.2, 0.25) is 11.8 Å². The molecule has 0 radical (unpaired) electrons. The summed E-state index contributed by atoms with van der Waals surface area (Å²) in [5.74, 6) is -7.97. The summed E-state index contributed by atoms with van der Waals surface area (Å²) < 4.78 is 19.0. The number of amides is 4. The highest BCUT2D eigenvalue weighted by molar-refractivity contribution is 6.58. The molecule has 0 spiro atoms. The second kappa shape index (κ2) is 11.0. The van der Waals surface area contributed by atoms with E-state index in [9.17, 15) is 33.5 Å². The molecule has 4 amide bonds. The zero-order chi connectivity index (χ0) is 32.4. The van der Waals surface area contributed by atoms with Crippen molar-refractivity contribution >= 4 is 64.6 Å². The number of carbonyl (C=O) groups excluding carboxylic acids is 4. The number of fused-ring (bicyclic) bond motifs is 4. The van der Waals surface area contributed by atoms with Gasteiger partial charge in [-0.1, -0.05) is 29.9 Å². The van der Waals surface area contributed by atoms with E-state index in [-0.39, 0.29) is 36.6 Å². The number of carboxylic acids is 1. The van der Waals surface area contributed by atoms with E-state index in [1.807, 2.05) is 0 Å². The van der Waals surface area contributed by atoms with Crippen LogP contribution in [0.5, 0.6) is 11.5 Å². The fraction of sp³-hybridized carbons (Fsp3) is 0.344. The van der Waals surface area contributed by atoms with Gasteiger partial charge in [-0.2, -0.15) is 0 Å². The van der Waals surface area contributed by atoms with Gasteiger partial charge < -0.3 is 14.9 Å². The second-order valence-corrected chi connectivity index (χ2v) is 12.8. The summed E-state index contributed by atoms with van der Waals surface area (Å²) in [6.07, 6.45) is 4.44. The maximum atomic E-state index is 14.2. The highest BCUT2D eigenvalue weighted by Crippen LogP contribution is 2.63. The zero-order valence-corrected chi connectivity index (χ0v) is 25.3. The minimum absolute atomic E-state index is 0.0636. The molecule has 13 heteroatoms. The van der Waals surface area contributed by atoms with Gasteiger partial charge in [0, 0.05) is 12.5 Å². The maximum Gasteiger partial charge on any atom is 0.305 e. The Balaban J connectivity index is 1.47. The molecule has 6 unspecified atom stereocenters. The number of nitrogens with zero attached hydrogens (tertiary/aromatic N) is 2. The first-order chi connectivity index (χ1) is 21.3. The van der Waals surface area contributed by atoms with E-state index in [1.54, 1.807) is 30.4 Å². The smallest absolute Gasteiger partial charge is 0.305 e. The van der Waals surface area contributed by atoms with Gasteiger partial charge in [0.1, 0.15) is 5.82 Å². The van der Waals surface area contributed by atoms with Gasteiger partial charge in [-0.15, -0.1) is 23.2 Å². The number of methoxy groups -OCH3 is 1. The topological polar surface area (TPSA) is 142 Å². The molecule has 4 aliphatic rings. The van der Waals surface area contributed by atoms with Gasteiger partial charge in [-0.3, -0.25) is 28.9 Å². The maximum absolute atomic E-state index is 14.2. The van der Waals surface area contributed by atoms with Crippen LogP contribution in [-0.2, 0) is 24.0 Å². The van der Waals surface area contributed by atoms with Crippen molar-refractivity contribution in [3.8, 4) is 11.5 Å². The van der Waals surface area contributed by atoms with Crippen molar-refractivity contribution in [1.82, 2.24) is 4.90 Å². The van der Waals surface area contributed by atoms with Crippen molar-refractivity contribution < 1.29 is 43.3 Å². The Bertz CT molecular complexity index is 1710. The molecule has 2 aromatic carbocycles. The number of aromatic hydroxyl groups is 1. The number of ether oxygens (including phenoxy) is 1. The lowest BCUT2D eigenvalue weighted by molar-refractivity contribution is -0.142. The SMILES string of the molecule is COc1cc(C=CC2C3=CCC4C(=O)N(CCC(=O)O)C(=O)C4C3CC3(Cl)C(=O)N(c4ccc(F)cc4)C(=O)C23Cl)ccc1O. The average molecular weight is 657 g/mol. The Morgan fingerprint density at radius 2 is 1.78 bits per heavy atom. The molecular weight excluding hydrogens is 630 g/mol. The fourth-order valence-electron chi connectivity index (χ4n) is 7.15. The number of rotatable bonds is 7. The predicted molar refractivity (Wildman–Crippen MR) is 160 cm³/mol. The summed E-state index contributed by atoms with van der Waals surface area (Å²) in [6, 6.07) is 9.28. The van der Waals surface area contributed by atoms with E-state index < -0.39 is 75.3 Å². The van der Waals surface area contributed by atoms with Gasteiger partial charge in [-0.25, -0.2) is 9.29 Å². The van der Waals surface area contributed by atoms with Crippen LogP contribution in [0.3, 0.4) is 0 Å². The molecular formula is C32H27Cl2FN2O8. The van der Waals surface area contributed by atoms with Crippen LogP contribution < -0.4 is 9.64 Å². The van der Waals surface area contributed by atoms with Crippen LogP contribution in [0.1, 0.15) is 24.8 Å². The molecule has 2 heterocycles. The third-order valence-corrected chi connectivity index (χ3v) is 10.7. The number of benzene rings is 2. The second-order valence-electron chi connectivity index (χ2n) is 11.6. The van der Waals surface area contributed by atoms with Crippen molar-refractivity contribution in [1.29, 1.82) is 0 Å². The Morgan fingerprint density at radius 3 is 2.44 bits per heavy atom. The Hall–Kier alpha value is -4.22. The number of anilines is 1. The number of hydrogen-bond acceptors (Lipinski definition) is 7. The lowest BCUT2D eigenvalue weighted by Crippen LogP contribution is -2.60. The van der Waals surface area contributed by atoms with E-state index in [1.165, 1.54) is 25.3 Å². The standard InChI is InChI=1S/C32H27Cl2FN2O8/c1-45-24-14-16(3-11-23(24)38)2-10-22-19-8-9-20-26(28(42)36(27(20)41)13-12-25(39)40)21(19)15-31(33)29(43)37(30(44)32(22,31)34)18-6-4-17(35)5-7-18/h2-8,10-11,14,20-22,26,38H,9,12-13,15H2,1H3,(H,39,40). The molecule has 2 N–H and O–H groups in total. The molecule has 0 bridgehead atoms. The van der Waals surface area contributed by atoms with Crippen molar-refractivity contribution in [2.45, 2.75) is 29.0 Å². The Labute approximate surface area is 266 Å². The van der Waals surface area contributed by atoms with E-state index in [4.69, 9.17) is 33.0 Å². The summed E-state index contributed by atoms with van der Waals surface area (Å²) >= 11 is 14.5. The van der Waals surface area contributed by atoms with Crippen LogP contribution in [0, 0.1) is 29.5 Å². The van der Waals surface area contributed by atoms with Crippen LogP contribution in [0.4, 0.5) is 10.1 Å². The zero-order valence-electron chi connectivity index (χ0n) is 23.8. The molecule has 45 heavy (non-hydrogen) atoms. The molecule has 1 saturated carbocycles. The van der Waals surface area contributed by atoms with Gasteiger partial charge in [-0.05, 0) is 60.7 Å². The van der Waals surface area contributed by atoms with Gasteiger partial charge >= 0.3 is 5.97 Å². The van der Waals surface area contributed by atoms with Crippen LogP contribution in [0.25, 0.3) is 6.08 Å². The number of carbonyl (C=O) groups is 5. The number of phenolic OH excluding ortho intramolecular Hbond substituents is 1. The first kappa shape index (κ1) is 30.8. The number of imide groups is 2. The highest BCUT2D eigenvalue weighted by atomic mass is 35.5. The van der Waals surface area contributed by atoms with E-state index >= 15 is 0 Å². The molecule has 2 aliphatic carbocycles. The number of allylic oxidation sites excluding steroid dienone is 3. The number of hydrogen-bond donors (Lipinski definition) is 2. The van der Waals surface area contributed by atoms with E-state index in [0.717, 1.165) is 21.9 Å². The molecule has 6 rings (SSSR count). The summed E-state index contributed by atoms with van der Waals surface area (Å²) in [5.41, 5.74) is 1.17. The lowest BCUT2D eigenvalue weighted by atomic mass is 9.57. The normalized spacial score (nSPS) is 30.8. The molecule has 10 nitrogen and oxygen atoms in total. The van der Waals surface area contributed by atoms with Gasteiger partial charge in [0.15, 0.2) is 21.2 Å². The fourth-order valence-corrected chi connectivity index (χ4v) is 8.04. The number of alkyl halides is 2. The van der Waals surface area contributed by atoms with Crippen LogP contribution in [-0.4, -0.2) is 68.1 Å². The number of phenols is 1. The predicted octanol–water partition coefficient (Wildman–Crippen LogP) is 4.12. The average Bonchev–Trinajstić information content (AvgIpc) is 3.34.